The summed E-state index contributed by atoms with van der Waals surface area (Å²) in [4.78, 5) is 24.5. The Morgan fingerprint density at radius 3 is 2.32 bits per heavy atom. The van der Waals surface area contributed by atoms with Gasteiger partial charge in [0.1, 0.15) is 0 Å². The Morgan fingerprint density at radius 1 is 1.16 bits per heavy atom. The number of fused-ring (bicyclic) bond motifs is 3. The molecule has 1 saturated carbocycles. The number of rotatable bonds is 2. The molecular weight excluding hydrogens is 320 g/mol. The Balaban J connectivity index is 2.09. The summed E-state index contributed by atoms with van der Waals surface area (Å²) in [5.41, 5.74) is -2.19. The molecule has 5 nitrogen and oxygen atoms in total. The molecule has 0 unspecified atom stereocenters. The number of carboxylic acid groups (broad SMARTS) is 1. The van der Waals surface area contributed by atoms with Crippen molar-refractivity contribution in [2.45, 2.75) is 77.6 Å². The van der Waals surface area contributed by atoms with Crippen LogP contribution in [0, 0.1) is 22.7 Å². The minimum atomic E-state index is -1.13. The molecule has 0 bridgehead atoms. The standard InChI is InChI=1S/C20H30O5/c1-7-18(4)10-8-13-19(5,25-18)11-9-12-17(2,3)16(23)24-14(15(21)22)20(12,13)6/h7,12-14H,1,8-11H2,2-6H3,(H,21,22)/t12-,13-,14+,18+,19-,20-/m0/s1. The topological polar surface area (TPSA) is 72.8 Å². The lowest BCUT2D eigenvalue weighted by atomic mass is 9.45. The van der Waals surface area contributed by atoms with Gasteiger partial charge in [-0.25, -0.2) is 4.79 Å². The maximum Gasteiger partial charge on any atom is 0.345 e. The van der Waals surface area contributed by atoms with Gasteiger partial charge in [0, 0.05) is 5.41 Å². The maximum atomic E-state index is 12.5. The molecule has 5 heteroatoms. The number of carboxylic acids is 1. The predicted molar refractivity (Wildman–Crippen MR) is 92.9 cm³/mol. The van der Waals surface area contributed by atoms with E-state index in [1.54, 1.807) is 0 Å². The molecule has 1 aliphatic carbocycles. The van der Waals surface area contributed by atoms with Gasteiger partial charge in [-0.05, 0) is 65.2 Å². The highest BCUT2D eigenvalue weighted by Crippen LogP contribution is 2.64. The number of carbonyl (C=O) groups excluding carboxylic acids is 1. The number of carbonyl (C=O) groups is 2. The van der Waals surface area contributed by atoms with Crippen molar-refractivity contribution in [1.82, 2.24) is 0 Å². The summed E-state index contributed by atoms with van der Waals surface area (Å²) in [6.45, 7) is 13.8. The van der Waals surface area contributed by atoms with Crippen LogP contribution in [0.25, 0.3) is 0 Å². The Kier molecular flexibility index (Phi) is 3.92. The van der Waals surface area contributed by atoms with Crippen LogP contribution in [0.4, 0.5) is 0 Å². The van der Waals surface area contributed by atoms with Gasteiger partial charge in [-0.15, -0.1) is 6.58 Å². The van der Waals surface area contributed by atoms with Crippen molar-refractivity contribution >= 4 is 11.9 Å². The number of cyclic esters (lactones) is 1. The zero-order valence-electron chi connectivity index (χ0n) is 15.9. The lowest BCUT2D eigenvalue weighted by Crippen LogP contribution is -2.69. The second-order valence-electron chi connectivity index (χ2n) is 9.33. The Labute approximate surface area is 149 Å². The van der Waals surface area contributed by atoms with Crippen LogP contribution in [-0.2, 0) is 19.1 Å². The van der Waals surface area contributed by atoms with Crippen molar-refractivity contribution in [1.29, 1.82) is 0 Å². The van der Waals surface area contributed by atoms with Gasteiger partial charge < -0.3 is 14.6 Å². The Bertz CT molecular complexity index is 626. The quantitative estimate of drug-likeness (QED) is 0.609. The number of ether oxygens (including phenoxy) is 2. The van der Waals surface area contributed by atoms with Gasteiger partial charge in [0.15, 0.2) is 0 Å². The third-order valence-electron chi connectivity index (χ3n) is 7.41. The van der Waals surface area contributed by atoms with Crippen LogP contribution in [0.15, 0.2) is 12.7 Å². The highest BCUT2D eigenvalue weighted by molar-refractivity contribution is 5.84. The molecular formula is C20H30O5. The van der Waals surface area contributed by atoms with Crippen molar-refractivity contribution in [3.05, 3.63) is 12.7 Å². The lowest BCUT2D eigenvalue weighted by molar-refractivity contribution is -0.281. The summed E-state index contributed by atoms with van der Waals surface area (Å²) < 4.78 is 12.0. The van der Waals surface area contributed by atoms with Gasteiger partial charge in [0.25, 0.3) is 0 Å². The minimum absolute atomic E-state index is 0.0141. The van der Waals surface area contributed by atoms with Crippen LogP contribution in [0.5, 0.6) is 0 Å². The van der Waals surface area contributed by atoms with E-state index >= 15 is 0 Å². The molecule has 25 heavy (non-hydrogen) atoms. The fourth-order valence-corrected chi connectivity index (χ4v) is 6.06. The van der Waals surface area contributed by atoms with Crippen LogP contribution >= 0.6 is 0 Å². The van der Waals surface area contributed by atoms with Crippen LogP contribution in [0.2, 0.25) is 0 Å². The fraction of sp³-hybridized carbons (Fsp3) is 0.800. The van der Waals surface area contributed by atoms with Crippen molar-refractivity contribution in [3.63, 3.8) is 0 Å². The van der Waals surface area contributed by atoms with Crippen LogP contribution in [0.3, 0.4) is 0 Å². The van der Waals surface area contributed by atoms with Crippen LogP contribution in [-0.4, -0.2) is 34.4 Å². The zero-order valence-corrected chi connectivity index (χ0v) is 15.9. The number of aliphatic carboxylic acids is 1. The number of hydrogen-bond acceptors (Lipinski definition) is 4. The first kappa shape index (κ1) is 18.4. The smallest absolute Gasteiger partial charge is 0.345 e. The van der Waals surface area contributed by atoms with Crippen molar-refractivity contribution < 1.29 is 24.2 Å². The lowest BCUT2D eigenvalue weighted by Gasteiger charge is -2.65. The normalized spacial score (nSPS) is 48.7. The SMILES string of the molecule is C=C[C@]1(C)CC[C@@H]2[C@@]3(C)[C@@H](C(=O)O)OC(=O)C(C)(C)[C@@H]3CC[C@]2(C)O1. The molecule has 1 N–H and O–H groups in total. The molecule has 0 aromatic carbocycles. The average Bonchev–Trinajstić information content (AvgIpc) is 2.49. The summed E-state index contributed by atoms with van der Waals surface area (Å²) in [5, 5.41) is 9.82. The third kappa shape index (κ3) is 2.38. The molecule has 0 aromatic rings. The summed E-state index contributed by atoms with van der Waals surface area (Å²) in [5.74, 6) is -1.49. The predicted octanol–water partition coefficient (Wildman–Crippen LogP) is 3.57. The molecule has 140 valence electrons. The van der Waals surface area contributed by atoms with E-state index in [0.29, 0.717) is 0 Å². The molecule has 2 heterocycles. The van der Waals surface area contributed by atoms with Crippen molar-refractivity contribution in [3.8, 4) is 0 Å². The van der Waals surface area contributed by atoms with Gasteiger partial charge in [-0.2, -0.15) is 0 Å². The Morgan fingerprint density at radius 2 is 1.76 bits per heavy atom. The third-order valence-corrected chi connectivity index (χ3v) is 7.41. The molecule has 0 spiro atoms. The fourth-order valence-electron chi connectivity index (χ4n) is 6.06. The summed E-state index contributed by atoms with van der Waals surface area (Å²) in [6, 6.07) is 0. The first-order valence-electron chi connectivity index (χ1n) is 9.18. The number of hydrogen-bond donors (Lipinski definition) is 1. The van der Waals surface area contributed by atoms with E-state index in [1.807, 2.05) is 33.8 Å². The first-order valence-corrected chi connectivity index (χ1v) is 9.18. The van der Waals surface area contributed by atoms with Crippen molar-refractivity contribution in [2.75, 3.05) is 0 Å². The molecule has 2 saturated heterocycles. The van der Waals surface area contributed by atoms with Crippen LogP contribution < -0.4 is 0 Å². The monoisotopic (exact) mass is 350 g/mol. The number of esters is 1. The van der Waals surface area contributed by atoms with E-state index in [9.17, 15) is 14.7 Å². The van der Waals surface area contributed by atoms with E-state index in [0.717, 1.165) is 25.7 Å². The van der Waals surface area contributed by atoms with Gasteiger partial charge in [0.05, 0.1) is 16.6 Å². The van der Waals surface area contributed by atoms with Gasteiger partial charge >= 0.3 is 11.9 Å². The first-order chi connectivity index (χ1) is 11.4. The highest BCUT2D eigenvalue weighted by atomic mass is 16.6. The van der Waals surface area contributed by atoms with E-state index < -0.39 is 40.1 Å². The largest absolute Gasteiger partial charge is 0.478 e. The van der Waals surface area contributed by atoms with Crippen LogP contribution in [0.1, 0.15) is 60.3 Å². The van der Waals surface area contributed by atoms with E-state index in [4.69, 9.17) is 9.47 Å². The maximum absolute atomic E-state index is 12.5. The van der Waals surface area contributed by atoms with Gasteiger partial charge in [-0.3, -0.25) is 4.79 Å². The van der Waals surface area contributed by atoms with Gasteiger partial charge in [0.2, 0.25) is 6.10 Å². The molecule has 0 amide bonds. The minimum Gasteiger partial charge on any atom is -0.478 e. The molecule has 3 rings (SSSR count). The molecule has 0 radical (unpaired) electrons. The molecule has 0 aromatic heterocycles. The summed E-state index contributed by atoms with van der Waals surface area (Å²) >= 11 is 0. The van der Waals surface area contributed by atoms with Crippen molar-refractivity contribution in [2.24, 2.45) is 22.7 Å². The summed E-state index contributed by atoms with van der Waals surface area (Å²) in [7, 11) is 0. The second-order valence-corrected chi connectivity index (χ2v) is 9.33. The highest BCUT2D eigenvalue weighted by Gasteiger charge is 2.69. The van der Waals surface area contributed by atoms with Gasteiger partial charge in [-0.1, -0.05) is 13.0 Å². The van der Waals surface area contributed by atoms with E-state index in [1.165, 1.54) is 0 Å². The van der Waals surface area contributed by atoms with E-state index in [2.05, 4.69) is 13.5 Å². The average molecular weight is 350 g/mol. The van der Waals surface area contributed by atoms with E-state index in [-0.39, 0.29) is 11.8 Å². The summed E-state index contributed by atoms with van der Waals surface area (Å²) in [6.07, 6.45) is 3.91. The Hall–Kier alpha value is -1.36. The molecule has 2 aliphatic heterocycles. The zero-order chi connectivity index (χ0) is 18.8. The molecule has 3 aliphatic rings. The molecule has 3 fully saturated rings. The molecule has 6 atom stereocenters. The second kappa shape index (κ2) is 5.32.